The fourth-order valence-electron chi connectivity index (χ4n) is 3.61. The third-order valence-corrected chi connectivity index (χ3v) is 5.33. The highest BCUT2D eigenvalue weighted by Gasteiger charge is 2.61. The van der Waals surface area contributed by atoms with E-state index in [1.54, 1.807) is 0 Å². The van der Waals surface area contributed by atoms with E-state index in [1.807, 2.05) is 0 Å². The molecule has 2 aromatic rings. The molecule has 0 radical (unpaired) electrons. The predicted molar refractivity (Wildman–Crippen MR) is 104 cm³/mol. The maximum absolute atomic E-state index is 14.3. The molecule has 0 spiro atoms. The Morgan fingerprint density at radius 3 is 2.52 bits per heavy atom. The van der Waals surface area contributed by atoms with Crippen LogP contribution in [0.15, 0.2) is 30.5 Å². The molecule has 0 saturated carbocycles. The van der Waals surface area contributed by atoms with E-state index < -0.39 is 59.5 Å². The lowest BCUT2D eigenvalue weighted by atomic mass is 9.85. The number of carbonyl (C=O) groups excluding carboxylic acids is 2. The van der Waals surface area contributed by atoms with Gasteiger partial charge in [-0.05, 0) is 31.5 Å². The van der Waals surface area contributed by atoms with Crippen molar-refractivity contribution in [3.63, 3.8) is 0 Å². The van der Waals surface area contributed by atoms with E-state index in [0.29, 0.717) is 0 Å². The monoisotopic (exact) mass is 474 g/mol. The molecular weight excluding hydrogens is 455 g/mol. The van der Waals surface area contributed by atoms with Gasteiger partial charge < -0.3 is 19.5 Å². The van der Waals surface area contributed by atoms with E-state index in [4.69, 9.17) is 9.47 Å². The van der Waals surface area contributed by atoms with Gasteiger partial charge in [0.1, 0.15) is 11.8 Å². The minimum atomic E-state index is -4.86. The molecule has 1 aliphatic rings. The lowest BCUT2D eigenvalue weighted by Gasteiger charge is -2.27. The topological polar surface area (TPSA) is 86.8 Å². The molecule has 2 heterocycles. The van der Waals surface area contributed by atoms with Crippen LogP contribution in [0.25, 0.3) is 0 Å². The van der Waals surface area contributed by atoms with Crippen LogP contribution in [-0.4, -0.2) is 49.0 Å². The number of alkyl halides is 3. The normalized spacial score (nSPS) is 22.7. The SMILES string of the molecule is COC(=O)c1cc(NC(=O)[C@@H]2O[C@](C)(C(F)(F)F)C[C@H]2c2ccc(F)c(F)c2OC)ccn1. The molecule has 0 aliphatic carbocycles. The number of halogens is 5. The van der Waals surface area contributed by atoms with Gasteiger partial charge in [0.25, 0.3) is 5.91 Å². The summed E-state index contributed by atoms with van der Waals surface area (Å²) in [5, 5.41) is 2.37. The second-order valence-corrected chi connectivity index (χ2v) is 7.47. The van der Waals surface area contributed by atoms with Gasteiger partial charge in [0.2, 0.25) is 5.82 Å². The average molecular weight is 474 g/mol. The van der Waals surface area contributed by atoms with Crippen molar-refractivity contribution < 1.29 is 45.8 Å². The lowest BCUT2D eigenvalue weighted by molar-refractivity contribution is -0.261. The van der Waals surface area contributed by atoms with Crippen molar-refractivity contribution in [2.45, 2.75) is 37.1 Å². The first-order valence-corrected chi connectivity index (χ1v) is 9.53. The van der Waals surface area contributed by atoms with Crippen molar-refractivity contribution in [2.75, 3.05) is 19.5 Å². The standard InChI is InChI=1S/C21H19F5N2O5/c1-20(21(24,25)26)9-12(11-4-5-13(22)15(23)16(11)31-2)17(33-20)18(29)28-10-6-7-27-14(8-10)19(30)32-3/h4-8,12,17H,9H2,1-3H3,(H,27,28,29)/t12-,17+,20-/m0/s1. The summed E-state index contributed by atoms with van der Waals surface area (Å²) in [6.45, 7) is 0.765. The largest absolute Gasteiger partial charge is 0.493 e. The molecule has 3 rings (SSSR count). The number of esters is 1. The summed E-state index contributed by atoms with van der Waals surface area (Å²) in [6, 6.07) is 4.25. The van der Waals surface area contributed by atoms with Crippen molar-refractivity contribution >= 4 is 17.6 Å². The number of aromatic nitrogens is 1. The summed E-state index contributed by atoms with van der Waals surface area (Å²) in [6.07, 6.45) is -6.17. The highest BCUT2D eigenvalue weighted by Crippen LogP contribution is 2.51. The van der Waals surface area contributed by atoms with Crippen LogP contribution >= 0.6 is 0 Å². The van der Waals surface area contributed by atoms with E-state index >= 15 is 0 Å². The van der Waals surface area contributed by atoms with Gasteiger partial charge >= 0.3 is 12.1 Å². The van der Waals surface area contributed by atoms with Crippen LogP contribution in [0, 0.1) is 11.6 Å². The summed E-state index contributed by atoms with van der Waals surface area (Å²) in [5.74, 6) is -6.40. The first-order chi connectivity index (χ1) is 15.4. The van der Waals surface area contributed by atoms with Crippen LogP contribution in [0.5, 0.6) is 5.75 Å². The fraction of sp³-hybridized carbons (Fsp3) is 0.381. The third-order valence-electron chi connectivity index (χ3n) is 5.33. The maximum Gasteiger partial charge on any atom is 0.417 e. The van der Waals surface area contributed by atoms with Crippen LogP contribution in [0.4, 0.5) is 27.6 Å². The van der Waals surface area contributed by atoms with Crippen molar-refractivity contribution in [3.8, 4) is 5.75 Å². The highest BCUT2D eigenvalue weighted by atomic mass is 19.4. The van der Waals surface area contributed by atoms with Crippen LogP contribution in [0.3, 0.4) is 0 Å². The van der Waals surface area contributed by atoms with E-state index in [-0.39, 0.29) is 16.9 Å². The van der Waals surface area contributed by atoms with Gasteiger partial charge in [-0.1, -0.05) is 6.07 Å². The van der Waals surface area contributed by atoms with Gasteiger partial charge in [-0.15, -0.1) is 0 Å². The second-order valence-electron chi connectivity index (χ2n) is 7.47. The summed E-state index contributed by atoms with van der Waals surface area (Å²) in [7, 11) is 2.15. The van der Waals surface area contributed by atoms with E-state index in [1.165, 1.54) is 12.3 Å². The molecule has 0 bridgehead atoms. The Hall–Kier alpha value is -3.28. The number of hydrogen-bond donors (Lipinski definition) is 1. The van der Waals surface area contributed by atoms with E-state index in [0.717, 1.165) is 39.3 Å². The van der Waals surface area contributed by atoms with Crippen molar-refractivity contribution in [2.24, 2.45) is 0 Å². The molecular formula is C21H19F5N2O5. The number of anilines is 1. The Morgan fingerprint density at radius 2 is 1.91 bits per heavy atom. The zero-order valence-corrected chi connectivity index (χ0v) is 17.6. The Morgan fingerprint density at radius 1 is 1.21 bits per heavy atom. The van der Waals surface area contributed by atoms with E-state index in [9.17, 15) is 31.5 Å². The van der Waals surface area contributed by atoms with Crippen molar-refractivity contribution in [1.82, 2.24) is 4.98 Å². The smallest absolute Gasteiger partial charge is 0.417 e. The summed E-state index contributed by atoms with van der Waals surface area (Å²) in [5.41, 5.74) is -3.02. The van der Waals surface area contributed by atoms with Gasteiger partial charge in [0, 0.05) is 23.4 Å². The number of carbonyl (C=O) groups is 2. The molecule has 1 aromatic carbocycles. The van der Waals surface area contributed by atoms with Crippen LogP contribution in [0.1, 0.15) is 35.3 Å². The third kappa shape index (κ3) is 4.61. The molecule has 1 aromatic heterocycles. The summed E-state index contributed by atoms with van der Waals surface area (Å²) >= 11 is 0. The summed E-state index contributed by atoms with van der Waals surface area (Å²) in [4.78, 5) is 28.4. The molecule has 7 nitrogen and oxygen atoms in total. The zero-order valence-electron chi connectivity index (χ0n) is 17.6. The highest BCUT2D eigenvalue weighted by molar-refractivity contribution is 5.96. The molecule has 1 saturated heterocycles. The minimum Gasteiger partial charge on any atom is -0.493 e. The number of benzene rings is 1. The molecule has 1 amide bonds. The Labute approximate surface area is 184 Å². The number of nitrogens with one attached hydrogen (secondary N) is 1. The molecule has 12 heteroatoms. The predicted octanol–water partition coefficient (Wildman–Crippen LogP) is 3.99. The first kappa shape index (κ1) is 24.4. The van der Waals surface area contributed by atoms with Crippen molar-refractivity contribution in [1.29, 1.82) is 0 Å². The number of nitrogens with zero attached hydrogens (tertiary/aromatic N) is 1. The van der Waals surface area contributed by atoms with Crippen LogP contribution in [0.2, 0.25) is 0 Å². The lowest BCUT2D eigenvalue weighted by Crippen LogP contribution is -2.43. The second kappa shape index (κ2) is 8.93. The molecule has 3 atom stereocenters. The van der Waals surface area contributed by atoms with Crippen LogP contribution < -0.4 is 10.1 Å². The Balaban J connectivity index is 2.00. The van der Waals surface area contributed by atoms with E-state index in [2.05, 4.69) is 15.0 Å². The minimum absolute atomic E-state index is 0.0376. The van der Waals surface area contributed by atoms with Gasteiger partial charge in [-0.25, -0.2) is 14.2 Å². The van der Waals surface area contributed by atoms with Crippen LogP contribution in [-0.2, 0) is 14.3 Å². The number of methoxy groups -OCH3 is 2. The Kier molecular flexibility index (Phi) is 6.59. The molecule has 0 unspecified atom stereocenters. The maximum atomic E-state index is 14.3. The Bertz CT molecular complexity index is 1080. The fourth-order valence-corrected chi connectivity index (χ4v) is 3.61. The number of pyridine rings is 1. The average Bonchev–Trinajstić information content (AvgIpc) is 3.14. The number of ether oxygens (including phenoxy) is 3. The van der Waals surface area contributed by atoms with Gasteiger partial charge in [-0.3, -0.25) is 4.79 Å². The molecule has 1 fully saturated rings. The molecule has 178 valence electrons. The number of rotatable bonds is 5. The first-order valence-electron chi connectivity index (χ1n) is 9.53. The number of amides is 1. The molecule has 33 heavy (non-hydrogen) atoms. The van der Waals surface area contributed by atoms with Crippen molar-refractivity contribution in [3.05, 3.63) is 53.4 Å². The quantitative estimate of drug-likeness (QED) is 0.521. The molecule has 1 N–H and O–H groups in total. The summed E-state index contributed by atoms with van der Waals surface area (Å²) < 4.78 is 83.7. The zero-order chi connectivity index (χ0) is 24.6. The van der Waals surface area contributed by atoms with Gasteiger partial charge in [0.05, 0.1) is 14.2 Å². The van der Waals surface area contributed by atoms with Gasteiger partial charge in [-0.2, -0.15) is 17.6 Å². The molecule has 1 aliphatic heterocycles. The number of hydrogen-bond acceptors (Lipinski definition) is 6. The van der Waals surface area contributed by atoms with Gasteiger partial charge in [0.15, 0.2) is 17.2 Å².